The predicted molar refractivity (Wildman–Crippen MR) is 136 cm³/mol. The lowest BCUT2D eigenvalue weighted by atomic mass is 9.86. The van der Waals surface area contributed by atoms with E-state index in [1.807, 2.05) is 24.3 Å². The highest BCUT2D eigenvalue weighted by Crippen LogP contribution is 2.33. The minimum atomic E-state index is -0.710. The molecule has 0 aliphatic rings. The summed E-state index contributed by atoms with van der Waals surface area (Å²) in [5.41, 5.74) is 2.11. The Kier molecular flexibility index (Phi) is 6.46. The van der Waals surface area contributed by atoms with Crippen LogP contribution in [-0.4, -0.2) is 32.7 Å². The minimum absolute atomic E-state index is 0.0275. The second kappa shape index (κ2) is 9.21. The summed E-state index contributed by atoms with van der Waals surface area (Å²) in [7, 11) is 0. The molecule has 35 heavy (non-hydrogen) atoms. The molecule has 2 heterocycles. The van der Waals surface area contributed by atoms with Gasteiger partial charge in [-0.1, -0.05) is 68.2 Å². The average molecular weight is 509 g/mol. The zero-order valence-electron chi connectivity index (χ0n) is 19.6. The van der Waals surface area contributed by atoms with Crippen LogP contribution in [0.25, 0.3) is 21.9 Å². The SMILES string of the molecule is [C-]#[N+]c1cn2nc(-c3ccc(C(C)(C)C)cc3)n(C(=O)c3ccc(Cl)c(Cl)c3)c2c1C(=O)OCC. The first-order valence-corrected chi connectivity index (χ1v) is 11.6. The van der Waals surface area contributed by atoms with Crippen molar-refractivity contribution in [2.45, 2.75) is 33.1 Å². The van der Waals surface area contributed by atoms with Gasteiger partial charge in [-0.2, -0.15) is 0 Å². The molecule has 9 heteroatoms. The number of rotatable bonds is 4. The third kappa shape index (κ3) is 4.43. The molecule has 0 aliphatic carbocycles. The Morgan fingerprint density at radius 2 is 1.77 bits per heavy atom. The van der Waals surface area contributed by atoms with Gasteiger partial charge < -0.3 is 4.74 Å². The number of carbonyl (C=O) groups excluding carboxylic acids is 2. The summed E-state index contributed by atoms with van der Waals surface area (Å²) in [4.78, 5) is 30.1. The van der Waals surface area contributed by atoms with Gasteiger partial charge in [-0.15, -0.1) is 5.10 Å². The minimum Gasteiger partial charge on any atom is -0.463 e. The number of esters is 1. The summed E-state index contributed by atoms with van der Waals surface area (Å²) in [5, 5.41) is 5.10. The Hall–Kier alpha value is -3.60. The van der Waals surface area contributed by atoms with Crippen molar-refractivity contribution in [3.63, 3.8) is 0 Å². The number of hydrogen-bond donors (Lipinski definition) is 0. The molecular weight excluding hydrogens is 487 g/mol. The molecule has 0 unspecified atom stereocenters. The fourth-order valence-electron chi connectivity index (χ4n) is 3.75. The largest absolute Gasteiger partial charge is 0.463 e. The monoisotopic (exact) mass is 508 g/mol. The van der Waals surface area contributed by atoms with Gasteiger partial charge in [0.15, 0.2) is 5.82 Å². The Balaban J connectivity index is 2.01. The standard InChI is InChI=1S/C26H22Cl2N4O3/c1-6-35-25(34)21-20(29-5)14-31-23(21)32(24(33)16-9-12-18(27)19(28)13-16)22(30-31)15-7-10-17(11-8-15)26(2,3)4/h7-14H,6H2,1-4H3. The lowest BCUT2D eigenvalue weighted by Gasteiger charge is -2.19. The highest BCUT2D eigenvalue weighted by atomic mass is 35.5. The van der Waals surface area contributed by atoms with E-state index in [9.17, 15) is 9.59 Å². The van der Waals surface area contributed by atoms with Gasteiger partial charge >= 0.3 is 5.97 Å². The van der Waals surface area contributed by atoms with Crippen LogP contribution in [0.2, 0.25) is 10.0 Å². The molecule has 0 bridgehead atoms. The Morgan fingerprint density at radius 1 is 1.09 bits per heavy atom. The van der Waals surface area contributed by atoms with Crippen LogP contribution in [0.4, 0.5) is 5.69 Å². The molecule has 0 fully saturated rings. The zero-order valence-corrected chi connectivity index (χ0v) is 21.1. The summed E-state index contributed by atoms with van der Waals surface area (Å²) in [6.07, 6.45) is 1.42. The van der Waals surface area contributed by atoms with E-state index in [-0.39, 0.29) is 39.5 Å². The number of nitrogens with zero attached hydrogens (tertiary/aromatic N) is 4. The zero-order chi connectivity index (χ0) is 25.5. The molecule has 0 atom stereocenters. The normalized spacial score (nSPS) is 11.5. The molecule has 4 rings (SSSR count). The second-order valence-corrected chi connectivity index (χ2v) is 9.72. The van der Waals surface area contributed by atoms with Crippen LogP contribution in [0.1, 0.15) is 54.0 Å². The third-order valence-electron chi connectivity index (χ3n) is 5.55. The van der Waals surface area contributed by atoms with Crippen molar-refractivity contribution in [1.82, 2.24) is 14.2 Å². The molecule has 0 radical (unpaired) electrons. The molecule has 0 spiro atoms. The molecule has 0 N–H and O–H groups in total. The van der Waals surface area contributed by atoms with Crippen LogP contribution in [0.5, 0.6) is 0 Å². The van der Waals surface area contributed by atoms with E-state index in [0.29, 0.717) is 16.4 Å². The summed E-state index contributed by atoms with van der Waals surface area (Å²) >= 11 is 12.2. The molecule has 0 saturated carbocycles. The molecule has 2 aromatic heterocycles. The number of benzene rings is 2. The van der Waals surface area contributed by atoms with Gasteiger partial charge in [0.2, 0.25) is 5.69 Å². The van der Waals surface area contributed by atoms with Gasteiger partial charge in [0.05, 0.1) is 23.2 Å². The summed E-state index contributed by atoms with van der Waals surface area (Å²) < 4.78 is 7.87. The van der Waals surface area contributed by atoms with Crippen LogP contribution in [0.15, 0.2) is 48.7 Å². The van der Waals surface area contributed by atoms with Gasteiger partial charge in [-0.3, -0.25) is 4.79 Å². The summed E-state index contributed by atoms with van der Waals surface area (Å²) in [5.74, 6) is -0.890. The first kappa shape index (κ1) is 24.5. The number of hydrogen-bond acceptors (Lipinski definition) is 4. The van der Waals surface area contributed by atoms with Crippen molar-refractivity contribution in [3.8, 4) is 11.4 Å². The van der Waals surface area contributed by atoms with E-state index in [4.69, 9.17) is 34.5 Å². The number of fused-ring (bicyclic) bond motifs is 1. The predicted octanol–water partition coefficient (Wildman–Crippen LogP) is 6.82. The maximum Gasteiger partial charge on any atom is 0.331 e. The van der Waals surface area contributed by atoms with Crippen molar-refractivity contribution in [1.29, 1.82) is 0 Å². The van der Waals surface area contributed by atoms with Crippen LogP contribution >= 0.6 is 23.2 Å². The lowest BCUT2D eigenvalue weighted by Crippen LogP contribution is -2.16. The van der Waals surface area contributed by atoms with E-state index in [1.165, 1.54) is 27.4 Å². The molecule has 7 nitrogen and oxygen atoms in total. The smallest absolute Gasteiger partial charge is 0.331 e. The van der Waals surface area contributed by atoms with Crippen molar-refractivity contribution in [2.75, 3.05) is 6.61 Å². The van der Waals surface area contributed by atoms with Crippen LogP contribution in [-0.2, 0) is 10.2 Å². The van der Waals surface area contributed by atoms with Gasteiger partial charge in [0.25, 0.3) is 5.91 Å². The van der Waals surface area contributed by atoms with E-state index in [1.54, 1.807) is 13.0 Å². The molecule has 2 aromatic carbocycles. The first-order valence-electron chi connectivity index (χ1n) is 10.9. The second-order valence-electron chi connectivity index (χ2n) is 8.91. The number of carbonyl (C=O) groups is 2. The van der Waals surface area contributed by atoms with Crippen molar-refractivity contribution < 1.29 is 14.3 Å². The quantitative estimate of drug-likeness (QED) is 0.224. The van der Waals surface area contributed by atoms with Crippen molar-refractivity contribution in [3.05, 3.63) is 86.8 Å². The van der Waals surface area contributed by atoms with E-state index < -0.39 is 11.9 Å². The van der Waals surface area contributed by atoms with Gasteiger partial charge in [0, 0.05) is 17.3 Å². The number of ether oxygens (including phenoxy) is 1. The highest BCUT2D eigenvalue weighted by Gasteiger charge is 2.29. The average Bonchev–Trinajstić information content (AvgIpc) is 3.35. The molecule has 4 aromatic rings. The molecule has 178 valence electrons. The molecular formula is C26H22Cl2N4O3. The number of halogens is 2. The summed E-state index contributed by atoms with van der Waals surface area (Å²) in [6, 6.07) is 12.2. The van der Waals surface area contributed by atoms with Gasteiger partial charge in [0.1, 0.15) is 11.2 Å². The van der Waals surface area contributed by atoms with Crippen LogP contribution in [0.3, 0.4) is 0 Å². The van der Waals surface area contributed by atoms with E-state index in [2.05, 4.69) is 30.7 Å². The topological polar surface area (TPSA) is 70.0 Å². The van der Waals surface area contributed by atoms with Crippen LogP contribution < -0.4 is 0 Å². The van der Waals surface area contributed by atoms with Gasteiger partial charge in [-0.25, -0.2) is 18.7 Å². The maximum atomic E-state index is 13.8. The molecule has 0 aliphatic heterocycles. The molecule has 0 amide bonds. The molecule has 0 saturated heterocycles. The van der Waals surface area contributed by atoms with Crippen molar-refractivity contribution in [2.24, 2.45) is 0 Å². The fourth-order valence-corrected chi connectivity index (χ4v) is 4.05. The maximum absolute atomic E-state index is 13.8. The highest BCUT2D eigenvalue weighted by molar-refractivity contribution is 6.42. The van der Waals surface area contributed by atoms with Crippen molar-refractivity contribution >= 4 is 46.4 Å². The summed E-state index contributed by atoms with van der Waals surface area (Å²) in [6.45, 7) is 15.6. The van der Waals surface area contributed by atoms with Crippen LogP contribution in [0, 0.1) is 6.57 Å². The van der Waals surface area contributed by atoms with E-state index >= 15 is 0 Å². The van der Waals surface area contributed by atoms with Gasteiger partial charge in [-0.05, 0) is 36.1 Å². The number of aromatic nitrogens is 3. The van der Waals surface area contributed by atoms with E-state index in [0.717, 1.165) is 5.56 Å². The lowest BCUT2D eigenvalue weighted by molar-refractivity contribution is 0.0529. The third-order valence-corrected chi connectivity index (χ3v) is 6.29. The Bertz CT molecular complexity index is 1500. The fraction of sp³-hybridized carbons (Fsp3) is 0.231. The Morgan fingerprint density at radius 3 is 2.34 bits per heavy atom. The Labute approximate surface area is 212 Å². The first-order chi connectivity index (χ1) is 16.6.